The lowest BCUT2D eigenvalue weighted by Gasteiger charge is -2.56. The minimum absolute atomic E-state index is 0.157. The van der Waals surface area contributed by atoms with Crippen molar-refractivity contribution in [3.8, 4) is 0 Å². The normalized spacial score (nSPS) is 24.7. The summed E-state index contributed by atoms with van der Waals surface area (Å²) in [5.41, 5.74) is 2.38. The van der Waals surface area contributed by atoms with Crippen LogP contribution < -0.4 is 0 Å². The van der Waals surface area contributed by atoms with Gasteiger partial charge in [0.25, 0.3) is 0 Å². The molecule has 0 saturated heterocycles. The molecule has 0 heterocycles. The molecule has 0 amide bonds. The summed E-state index contributed by atoms with van der Waals surface area (Å²) in [7, 11) is -3.65. The Morgan fingerprint density at radius 3 is 2.50 bits per heavy atom. The van der Waals surface area contributed by atoms with Crippen molar-refractivity contribution >= 4 is 15.8 Å². The molecule has 0 N–H and O–H groups in total. The van der Waals surface area contributed by atoms with Crippen LogP contribution in [0.25, 0.3) is 0 Å². The van der Waals surface area contributed by atoms with Gasteiger partial charge in [0.1, 0.15) is 6.61 Å². The lowest BCUT2D eigenvalue weighted by atomic mass is 9.49. The molecule has 0 aromatic heterocycles. The van der Waals surface area contributed by atoms with Crippen molar-refractivity contribution in [1.82, 2.24) is 0 Å². The van der Waals surface area contributed by atoms with Crippen LogP contribution in [0.1, 0.15) is 32.3 Å². The van der Waals surface area contributed by atoms with Gasteiger partial charge in [-0.2, -0.15) is 0 Å². The smallest absolute Gasteiger partial charge is 0.321 e. The van der Waals surface area contributed by atoms with E-state index in [2.05, 4.69) is 19.9 Å². The van der Waals surface area contributed by atoms with E-state index in [1.807, 2.05) is 6.92 Å². The topological polar surface area (TPSA) is 60.4 Å². The van der Waals surface area contributed by atoms with Gasteiger partial charge in [-0.3, -0.25) is 4.79 Å². The van der Waals surface area contributed by atoms with Crippen LogP contribution in [0.5, 0.6) is 0 Å². The summed E-state index contributed by atoms with van der Waals surface area (Å²) in [4.78, 5) is 12.2. The number of sulfone groups is 1. The Morgan fingerprint density at radius 2 is 1.92 bits per heavy atom. The number of rotatable bonds is 5. The molecule has 1 saturated carbocycles. The summed E-state index contributed by atoms with van der Waals surface area (Å²) in [5, 5.41) is 0. The van der Waals surface area contributed by atoms with Crippen LogP contribution in [0.15, 0.2) is 40.8 Å². The number of benzene rings is 1. The molecule has 24 heavy (non-hydrogen) atoms. The lowest BCUT2D eigenvalue weighted by molar-refractivity contribution is -0.140. The minimum atomic E-state index is -3.65. The third-order valence-corrected chi connectivity index (χ3v) is 7.28. The molecule has 130 valence electrons. The average Bonchev–Trinajstić information content (AvgIpc) is 2.53. The number of ether oxygens (including phenoxy) is 1. The lowest BCUT2D eigenvalue weighted by Crippen LogP contribution is -2.48. The van der Waals surface area contributed by atoms with E-state index in [-0.39, 0.29) is 16.9 Å². The van der Waals surface area contributed by atoms with Gasteiger partial charge in [-0.1, -0.05) is 37.6 Å². The van der Waals surface area contributed by atoms with Gasteiger partial charge in [-0.15, -0.1) is 0 Å². The van der Waals surface area contributed by atoms with E-state index in [0.29, 0.717) is 5.92 Å². The van der Waals surface area contributed by atoms with Crippen LogP contribution in [0, 0.1) is 24.2 Å². The van der Waals surface area contributed by atoms with Crippen molar-refractivity contribution in [3.63, 3.8) is 0 Å². The number of fused-ring (bicyclic) bond motifs is 1. The summed E-state index contributed by atoms with van der Waals surface area (Å²) in [6.45, 7) is 6.60. The van der Waals surface area contributed by atoms with E-state index in [0.717, 1.165) is 29.9 Å². The van der Waals surface area contributed by atoms with Gasteiger partial charge >= 0.3 is 5.97 Å². The molecular formula is C19H24O4S. The number of carbonyl (C=O) groups excluding carboxylic acids is 1. The van der Waals surface area contributed by atoms with Crippen LogP contribution in [-0.4, -0.2) is 26.7 Å². The van der Waals surface area contributed by atoms with E-state index >= 15 is 0 Å². The van der Waals surface area contributed by atoms with E-state index < -0.39 is 21.6 Å². The molecule has 1 aromatic carbocycles. The molecule has 0 unspecified atom stereocenters. The third kappa shape index (κ3) is 3.14. The fraction of sp³-hybridized carbons (Fsp3) is 0.526. The largest absolute Gasteiger partial charge is 0.460 e. The third-order valence-electron chi connectivity index (χ3n) is 5.67. The molecule has 2 bridgehead atoms. The van der Waals surface area contributed by atoms with Crippen molar-refractivity contribution in [2.24, 2.45) is 17.3 Å². The summed E-state index contributed by atoms with van der Waals surface area (Å²) in [6, 6.07) is 6.50. The minimum Gasteiger partial charge on any atom is -0.460 e. The summed E-state index contributed by atoms with van der Waals surface area (Å²) >= 11 is 0. The second kappa shape index (κ2) is 6.03. The first kappa shape index (κ1) is 17.2. The predicted molar refractivity (Wildman–Crippen MR) is 92.3 cm³/mol. The fourth-order valence-corrected chi connectivity index (χ4v) is 4.94. The summed E-state index contributed by atoms with van der Waals surface area (Å²) in [6.07, 6.45) is 4.34. The van der Waals surface area contributed by atoms with Crippen molar-refractivity contribution < 1.29 is 17.9 Å². The first-order chi connectivity index (χ1) is 11.2. The van der Waals surface area contributed by atoms with Gasteiger partial charge in [0.15, 0.2) is 15.6 Å². The first-order valence-corrected chi connectivity index (χ1v) is 9.99. The van der Waals surface area contributed by atoms with E-state index in [9.17, 15) is 13.2 Å². The maximum absolute atomic E-state index is 12.3. The maximum atomic E-state index is 12.3. The Kier molecular flexibility index (Phi) is 4.32. The van der Waals surface area contributed by atoms with Gasteiger partial charge in [0, 0.05) is 0 Å². The SMILES string of the molecule is Cc1ccc(S(=O)(=O)CC(=O)OCC2=CC[C@H]3C[C@@H]2C3(C)C)cc1. The number of carbonyl (C=O) groups is 1. The van der Waals surface area contributed by atoms with Crippen LogP contribution in [0.4, 0.5) is 0 Å². The Balaban J connectivity index is 1.58. The fourth-order valence-electron chi connectivity index (χ4n) is 3.83. The zero-order valence-electron chi connectivity index (χ0n) is 14.4. The highest BCUT2D eigenvalue weighted by molar-refractivity contribution is 7.92. The number of hydrogen-bond acceptors (Lipinski definition) is 4. The molecular weight excluding hydrogens is 324 g/mol. The van der Waals surface area contributed by atoms with E-state index in [4.69, 9.17) is 4.74 Å². The van der Waals surface area contributed by atoms with Gasteiger partial charge < -0.3 is 4.74 Å². The zero-order valence-corrected chi connectivity index (χ0v) is 15.2. The molecule has 0 aliphatic heterocycles. The molecule has 3 aliphatic rings. The molecule has 2 atom stereocenters. The van der Waals surface area contributed by atoms with Crippen molar-refractivity contribution in [3.05, 3.63) is 41.5 Å². The van der Waals surface area contributed by atoms with Crippen LogP contribution in [0.2, 0.25) is 0 Å². The van der Waals surface area contributed by atoms with E-state index in [1.165, 1.54) is 12.1 Å². The average molecular weight is 348 g/mol. The molecule has 1 aromatic rings. The molecule has 3 aliphatic carbocycles. The van der Waals surface area contributed by atoms with Gasteiger partial charge in [-0.05, 0) is 54.7 Å². The van der Waals surface area contributed by atoms with E-state index in [1.54, 1.807) is 12.1 Å². The van der Waals surface area contributed by atoms with Crippen LogP contribution in [0.3, 0.4) is 0 Å². The zero-order chi connectivity index (χ0) is 17.5. The first-order valence-electron chi connectivity index (χ1n) is 8.34. The Bertz CT molecular complexity index is 772. The second-order valence-electron chi connectivity index (χ2n) is 7.55. The molecule has 0 spiro atoms. The molecule has 1 fully saturated rings. The highest BCUT2D eigenvalue weighted by Crippen LogP contribution is 2.59. The number of esters is 1. The van der Waals surface area contributed by atoms with Gasteiger partial charge in [-0.25, -0.2) is 8.42 Å². The number of aryl methyl sites for hydroxylation is 1. The van der Waals surface area contributed by atoms with Crippen molar-refractivity contribution in [1.29, 1.82) is 0 Å². The Hall–Kier alpha value is -1.62. The predicted octanol–water partition coefficient (Wildman–Crippen LogP) is 3.30. The molecule has 4 rings (SSSR count). The van der Waals surface area contributed by atoms with Crippen molar-refractivity contribution in [2.75, 3.05) is 12.4 Å². The monoisotopic (exact) mass is 348 g/mol. The molecule has 4 nitrogen and oxygen atoms in total. The number of hydrogen-bond donors (Lipinski definition) is 0. The van der Waals surface area contributed by atoms with Crippen molar-refractivity contribution in [2.45, 2.75) is 38.5 Å². The maximum Gasteiger partial charge on any atom is 0.321 e. The Morgan fingerprint density at radius 1 is 1.25 bits per heavy atom. The van der Waals surface area contributed by atoms with Gasteiger partial charge in [0.2, 0.25) is 0 Å². The van der Waals surface area contributed by atoms with Crippen LogP contribution >= 0.6 is 0 Å². The quantitative estimate of drug-likeness (QED) is 0.605. The second-order valence-corrected chi connectivity index (χ2v) is 9.54. The summed E-state index contributed by atoms with van der Waals surface area (Å²) < 4.78 is 29.8. The highest BCUT2D eigenvalue weighted by atomic mass is 32.2. The highest BCUT2D eigenvalue weighted by Gasteiger charge is 2.51. The number of allylic oxidation sites excluding steroid dienone is 1. The summed E-state index contributed by atoms with van der Waals surface area (Å²) in [5.74, 6) is -0.114. The van der Waals surface area contributed by atoms with Gasteiger partial charge in [0.05, 0.1) is 4.90 Å². The standard InChI is InChI=1S/C19H24O4S/c1-13-4-8-16(9-5-13)24(21,22)12-18(20)23-11-14-6-7-15-10-17(14)19(15,2)3/h4-6,8-9,15,17H,7,10-12H2,1-3H3/t15-,17-/m0/s1. The molecule has 5 heteroatoms. The molecule has 0 radical (unpaired) electrons. The Labute approximate surface area is 143 Å². The van der Waals surface area contributed by atoms with Crippen LogP contribution in [-0.2, 0) is 19.4 Å².